The maximum absolute atomic E-state index is 12.4. The lowest BCUT2D eigenvalue weighted by atomic mass is 10.2. The second kappa shape index (κ2) is 8.22. The fourth-order valence-corrected chi connectivity index (χ4v) is 4.03. The van der Waals surface area contributed by atoms with Crippen molar-refractivity contribution in [2.24, 2.45) is 0 Å². The minimum Gasteiger partial charge on any atom is -0.495 e. The molecule has 1 amide bonds. The van der Waals surface area contributed by atoms with E-state index < -0.39 is 18.5 Å². The van der Waals surface area contributed by atoms with Gasteiger partial charge in [-0.1, -0.05) is 11.6 Å². The molecular formula is C19H18ClN3O5S. The quantitative estimate of drug-likeness (QED) is 0.594. The molecule has 0 unspecified atom stereocenters. The zero-order valence-corrected chi connectivity index (χ0v) is 17.7. The largest absolute Gasteiger partial charge is 0.495 e. The molecule has 10 heteroatoms. The van der Waals surface area contributed by atoms with Gasteiger partial charge in [-0.2, -0.15) is 0 Å². The van der Waals surface area contributed by atoms with Gasteiger partial charge in [0.1, 0.15) is 21.3 Å². The lowest BCUT2D eigenvalue weighted by Gasteiger charge is -2.12. The van der Waals surface area contributed by atoms with Crippen LogP contribution in [0.3, 0.4) is 0 Å². The van der Waals surface area contributed by atoms with E-state index >= 15 is 0 Å². The van der Waals surface area contributed by atoms with E-state index in [0.717, 1.165) is 16.9 Å². The minimum absolute atomic E-state index is 0.233. The van der Waals surface area contributed by atoms with E-state index in [0.29, 0.717) is 38.1 Å². The zero-order chi connectivity index (χ0) is 21.3. The van der Waals surface area contributed by atoms with E-state index in [1.165, 1.54) is 7.11 Å². The van der Waals surface area contributed by atoms with Gasteiger partial charge in [-0.25, -0.2) is 9.78 Å². The molecule has 0 spiro atoms. The second-order valence-corrected chi connectivity index (χ2v) is 7.72. The number of anilines is 1. The van der Waals surface area contributed by atoms with Crippen LogP contribution in [0.1, 0.15) is 26.6 Å². The molecule has 2 aromatic heterocycles. The van der Waals surface area contributed by atoms with Crippen LogP contribution in [0.15, 0.2) is 16.9 Å². The van der Waals surface area contributed by atoms with Crippen molar-refractivity contribution in [1.29, 1.82) is 0 Å². The number of hydrogen-bond acceptors (Lipinski definition) is 7. The lowest BCUT2D eigenvalue weighted by Crippen LogP contribution is -2.21. The van der Waals surface area contributed by atoms with E-state index in [4.69, 9.17) is 21.1 Å². The van der Waals surface area contributed by atoms with E-state index in [2.05, 4.69) is 15.3 Å². The minimum atomic E-state index is -0.697. The smallest absolute Gasteiger partial charge is 0.349 e. The Bertz CT molecular complexity index is 1180. The maximum atomic E-state index is 12.4. The number of hydrogen-bond donors (Lipinski definition) is 2. The van der Waals surface area contributed by atoms with Gasteiger partial charge in [0, 0.05) is 11.1 Å². The van der Waals surface area contributed by atoms with Crippen molar-refractivity contribution in [2.75, 3.05) is 19.0 Å². The van der Waals surface area contributed by atoms with Crippen molar-refractivity contribution < 1.29 is 19.1 Å². The molecule has 29 heavy (non-hydrogen) atoms. The van der Waals surface area contributed by atoms with Crippen molar-refractivity contribution >= 4 is 50.7 Å². The summed E-state index contributed by atoms with van der Waals surface area (Å²) in [4.78, 5) is 44.3. The number of nitrogens with one attached hydrogen (secondary N) is 2. The Morgan fingerprint density at radius 2 is 2.00 bits per heavy atom. The van der Waals surface area contributed by atoms with Crippen LogP contribution in [0.25, 0.3) is 10.2 Å². The number of methoxy groups -OCH3 is 1. The Hall–Kier alpha value is -2.91. The Balaban J connectivity index is 1.73. The highest BCUT2D eigenvalue weighted by Crippen LogP contribution is 2.31. The third-order valence-electron chi connectivity index (χ3n) is 4.19. The number of fused-ring (bicyclic) bond motifs is 1. The van der Waals surface area contributed by atoms with Crippen LogP contribution in [0, 0.1) is 20.8 Å². The van der Waals surface area contributed by atoms with Crippen LogP contribution < -0.4 is 15.6 Å². The van der Waals surface area contributed by atoms with Crippen LogP contribution in [0.4, 0.5) is 5.69 Å². The van der Waals surface area contributed by atoms with Gasteiger partial charge >= 0.3 is 5.97 Å². The highest BCUT2D eigenvalue weighted by molar-refractivity contribution is 7.20. The summed E-state index contributed by atoms with van der Waals surface area (Å²) in [7, 11) is 1.46. The number of thiophene rings is 1. The molecule has 0 radical (unpaired) electrons. The number of benzene rings is 1. The molecule has 152 valence electrons. The summed E-state index contributed by atoms with van der Waals surface area (Å²) in [6, 6.07) is 3.25. The van der Waals surface area contributed by atoms with Crippen molar-refractivity contribution in [1.82, 2.24) is 9.97 Å². The number of esters is 1. The van der Waals surface area contributed by atoms with Gasteiger partial charge in [0.25, 0.3) is 11.5 Å². The van der Waals surface area contributed by atoms with Crippen molar-refractivity contribution in [3.8, 4) is 5.75 Å². The van der Waals surface area contributed by atoms with Crippen LogP contribution in [-0.2, 0) is 9.53 Å². The Morgan fingerprint density at radius 1 is 1.28 bits per heavy atom. The summed E-state index contributed by atoms with van der Waals surface area (Å²) in [5, 5.41) is 3.48. The summed E-state index contributed by atoms with van der Waals surface area (Å²) in [6.45, 7) is 4.59. The molecular weight excluding hydrogens is 418 g/mol. The Labute approximate surface area is 174 Å². The van der Waals surface area contributed by atoms with Gasteiger partial charge < -0.3 is 19.8 Å². The van der Waals surface area contributed by atoms with Crippen LogP contribution in [0.5, 0.6) is 5.75 Å². The van der Waals surface area contributed by atoms with Crippen LogP contribution >= 0.6 is 22.9 Å². The standard InChI is InChI=1S/C19H18ClN3O5S/c1-8-5-12(13(27-4)6-11(8)20)23-14(24)7-28-19(26)16-9(2)15-17(25)21-10(3)22-18(15)29-16/h5-6H,7H2,1-4H3,(H,23,24)(H,21,22,25). The van der Waals surface area contributed by atoms with Crippen LogP contribution in [0.2, 0.25) is 5.02 Å². The third-order valence-corrected chi connectivity index (χ3v) is 5.77. The first-order chi connectivity index (χ1) is 13.7. The monoisotopic (exact) mass is 435 g/mol. The van der Waals surface area contributed by atoms with Gasteiger partial charge in [0.15, 0.2) is 6.61 Å². The summed E-state index contributed by atoms with van der Waals surface area (Å²) in [6.07, 6.45) is 0. The molecule has 0 aliphatic heterocycles. The number of nitrogens with zero attached hydrogens (tertiary/aromatic N) is 1. The van der Waals surface area contributed by atoms with Gasteiger partial charge in [-0.3, -0.25) is 9.59 Å². The Morgan fingerprint density at radius 3 is 2.69 bits per heavy atom. The lowest BCUT2D eigenvalue weighted by molar-refractivity contribution is -0.119. The molecule has 3 rings (SSSR count). The molecule has 3 aromatic rings. The number of halogens is 1. The van der Waals surface area contributed by atoms with Gasteiger partial charge in [0.05, 0.1) is 18.2 Å². The molecule has 0 aliphatic carbocycles. The topological polar surface area (TPSA) is 110 Å². The Kier molecular flexibility index (Phi) is 5.90. The molecule has 0 atom stereocenters. The van der Waals surface area contributed by atoms with Crippen molar-refractivity contribution in [3.63, 3.8) is 0 Å². The molecule has 0 fully saturated rings. The highest BCUT2D eigenvalue weighted by Gasteiger charge is 2.21. The molecule has 2 N–H and O–H groups in total. The SMILES string of the molecule is COc1cc(Cl)c(C)cc1NC(=O)COC(=O)c1sc2nc(C)[nH]c(=O)c2c1C. The van der Waals surface area contributed by atoms with Crippen LogP contribution in [-0.4, -0.2) is 35.6 Å². The predicted molar refractivity (Wildman–Crippen MR) is 111 cm³/mol. The van der Waals surface area contributed by atoms with E-state index in [9.17, 15) is 14.4 Å². The summed E-state index contributed by atoms with van der Waals surface area (Å²) < 4.78 is 10.3. The number of amides is 1. The second-order valence-electron chi connectivity index (χ2n) is 6.31. The van der Waals surface area contributed by atoms with Gasteiger partial charge in [-0.05, 0) is 38.0 Å². The molecule has 1 aromatic carbocycles. The number of aromatic nitrogens is 2. The average molecular weight is 436 g/mol. The molecule has 8 nitrogen and oxygen atoms in total. The number of rotatable bonds is 5. The maximum Gasteiger partial charge on any atom is 0.349 e. The van der Waals surface area contributed by atoms with Gasteiger partial charge in [0.2, 0.25) is 0 Å². The number of carbonyl (C=O) groups excluding carboxylic acids is 2. The summed E-state index contributed by atoms with van der Waals surface area (Å²) in [5.41, 5.74) is 1.33. The number of aromatic amines is 1. The first-order valence-corrected chi connectivity index (χ1v) is 9.71. The van der Waals surface area contributed by atoms with E-state index in [1.807, 2.05) is 0 Å². The number of H-pyrrole nitrogens is 1. The fraction of sp³-hybridized carbons (Fsp3) is 0.263. The van der Waals surface area contributed by atoms with Crippen molar-refractivity contribution in [2.45, 2.75) is 20.8 Å². The molecule has 0 saturated heterocycles. The number of ether oxygens (including phenoxy) is 2. The first-order valence-electron chi connectivity index (χ1n) is 8.52. The normalized spacial score (nSPS) is 10.8. The highest BCUT2D eigenvalue weighted by atomic mass is 35.5. The van der Waals surface area contributed by atoms with E-state index in [-0.39, 0.29) is 10.4 Å². The average Bonchev–Trinajstić information content (AvgIpc) is 2.99. The molecule has 0 saturated carbocycles. The molecule has 0 aliphatic rings. The summed E-state index contributed by atoms with van der Waals surface area (Å²) in [5.74, 6) is -0.391. The van der Waals surface area contributed by atoms with Crippen molar-refractivity contribution in [3.05, 3.63) is 49.3 Å². The fourth-order valence-electron chi connectivity index (χ4n) is 2.76. The first kappa shape index (κ1) is 20.8. The molecule has 2 heterocycles. The number of carbonyl (C=O) groups is 2. The zero-order valence-electron chi connectivity index (χ0n) is 16.1. The molecule has 0 bridgehead atoms. The van der Waals surface area contributed by atoms with E-state index in [1.54, 1.807) is 32.9 Å². The summed E-state index contributed by atoms with van der Waals surface area (Å²) >= 11 is 7.10. The number of aryl methyl sites for hydroxylation is 3. The predicted octanol–water partition coefficient (Wildman–Crippen LogP) is 3.37. The van der Waals surface area contributed by atoms with Gasteiger partial charge in [-0.15, -0.1) is 11.3 Å². The third kappa shape index (κ3) is 4.25.